The van der Waals surface area contributed by atoms with Crippen molar-refractivity contribution in [3.63, 3.8) is 0 Å². The number of anilines is 2. The quantitative estimate of drug-likeness (QED) is 0.879. The zero-order chi connectivity index (χ0) is 14.5. The number of nitrogens with one attached hydrogen (secondary N) is 1. The van der Waals surface area contributed by atoms with Gasteiger partial charge in [-0.15, -0.1) is 11.3 Å². The third-order valence-corrected chi connectivity index (χ3v) is 3.57. The Hall–Kier alpha value is -1.73. The van der Waals surface area contributed by atoms with Crippen molar-refractivity contribution >= 4 is 23.0 Å². The molecule has 1 N–H and O–H groups in total. The van der Waals surface area contributed by atoms with Crippen LogP contribution in [0.5, 0.6) is 0 Å². The van der Waals surface area contributed by atoms with E-state index in [2.05, 4.69) is 30.5 Å². The molecule has 2 heterocycles. The molecule has 0 aromatic carbocycles. The Balaban J connectivity index is 2.19. The third-order valence-electron chi connectivity index (χ3n) is 2.75. The summed E-state index contributed by atoms with van der Waals surface area (Å²) >= 11 is 1.66. The number of nitrogens with zero attached hydrogens (tertiary/aromatic N) is 4. The maximum atomic E-state index is 5.10. The normalized spacial score (nSPS) is 10.6. The molecule has 0 bridgehead atoms. The van der Waals surface area contributed by atoms with Gasteiger partial charge in [0.1, 0.15) is 18.2 Å². The zero-order valence-electron chi connectivity index (χ0n) is 12.2. The zero-order valence-corrected chi connectivity index (χ0v) is 13.0. The van der Waals surface area contributed by atoms with E-state index in [9.17, 15) is 0 Å². The molecule has 108 valence electrons. The minimum absolute atomic E-state index is 0.395. The van der Waals surface area contributed by atoms with Gasteiger partial charge < -0.3 is 15.0 Å². The van der Waals surface area contributed by atoms with E-state index in [0.717, 1.165) is 28.9 Å². The summed E-state index contributed by atoms with van der Waals surface area (Å²) in [6.07, 6.45) is 0. The molecule has 7 heteroatoms. The molecule has 0 fully saturated rings. The maximum Gasteiger partial charge on any atom is 0.158 e. The van der Waals surface area contributed by atoms with E-state index in [1.165, 1.54) is 0 Å². The highest BCUT2D eigenvalue weighted by Crippen LogP contribution is 2.18. The van der Waals surface area contributed by atoms with Gasteiger partial charge in [-0.05, 0) is 6.92 Å². The van der Waals surface area contributed by atoms with Gasteiger partial charge in [-0.1, -0.05) is 0 Å². The van der Waals surface area contributed by atoms with Gasteiger partial charge in [0.25, 0.3) is 0 Å². The van der Waals surface area contributed by atoms with Gasteiger partial charge in [0, 0.05) is 32.7 Å². The van der Waals surface area contributed by atoms with Gasteiger partial charge in [0.2, 0.25) is 0 Å². The van der Waals surface area contributed by atoms with E-state index in [4.69, 9.17) is 4.74 Å². The molecule has 0 aliphatic heterocycles. The molecule has 0 amide bonds. The van der Waals surface area contributed by atoms with Crippen LogP contribution in [0.3, 0.4) is 0 Å². The first-order valence-corrected chi connectivity index (χ1v) is 7.17. The number of rotatable bonds is 6. The van der Waals surface area contributed by atoms with Crippen molar-refractivity contribution in [1.29, 1.82) is 0 Å². The molecule has 2 aromatic rings. The van der Waals surface area contributed by atoms with Crippen molar-refractivity contribution in [2.75, 3.05) is 31.4 Å². The van der Waals surface area contributed by atoms with E-state index in [-0.39, 0.29) is 0 Å². The van der Waals surface area contributed by atoms with E-state index >= 15 is 0 Å². The van der Waals surface area contributed by atoms with Crippen LogP contribution in [-0.4, -0.2) is 36.2 Å². The van der Waals surface area contributed by atoms with Crippen LogP contribution in [0.1, 0.15) is 16.5 Å². The van der Waals surface area contributed by atoms with Crippen LogP contribution in [0.4, 0.5) is 11.6 Å². The lowest BCUT2D eigenvalue weighted by molar-refractivity contribution is 0.178. The van der Waals surface area contributed by atoms with Gasteiger partial charge in [-0.25, -0.2) is 15.0 Å². The molecule has 6 nitrogen and oxygen atoms in total. The Bertz CT molecular complexity index is 572. The summed E-state index contributed by atoms with van der Waals surface area (Å²) < 4.78 is 5.10. The Morgan fingerprint density at radius 1 is 1.35 bits per heavy atom. The van der Waals surface area contributed by atoms with Crippen molar-refractivity contribution in [2.45, 2.75) is 20.1 Å². The average Bonchev–Trinajstić information content (AvgIpc) is 2.84. The van der Waals surface area contributed by atoms with Crippen LogP contribution in [0.25, 0.3) is 0 Å². The number of aromatic nitrogens is 3. The summed E-state index contributed by atoms with van der Waals surface area (Å²) in [7, 11) is 5.47. The fourth-order valence-corrected chi connectivity index (χ4v) is 2.41. The largest absolute Gasteiger partial charge is 0.377 e. The molecule has 0 aliphatic carbocycles. The molecule has 0 radical (unpaired) electrons. The van der Waals surface area contributed by atoms with Crippen molar-refractivity contribution in [3.8, 4) is 0 Å². The van der Waals surface area contributed by atoms with Crippen molar-refractivity contribution in [1.82, 2.24) is 15.0 Å². The van der Waals surface area contributed by atoms with Crippen LogP contribution in [0.15, 0.2) is 11.4 Å². The van der Waals surface area contributed by atoms with Crippen LogP contribution >= 0.6 is 11.3 Å². The average molecular weight is 293 g/mol. The topological polar surface area (TPSA) is 63.2 Å². The second-order valence-electron chi connectivity index (χ2n) is 4.42. The molecular weight excluding hydrogens is 274 g/mol. The monoisotopic (exact) mass is 293 g/mol. The predicted molar refractivity (Wildman–Crippen MR) is 81.2 cm³/mol. The van der Waals surface area contributed by atoms with Crippen molar-refractivity contribution in [3.05, 3.63) is 28.0 Å². The molecule has 2 rings (SSSR count). The Labute approximate surface area is 122 Å². The van der Waals surface area contributed by atoms with Gasteiger partial charge in [0.15, 0.2) is 5.82 Å². The van der Waals surface area contributed by atoms with Crippen molar-refractivity contribution < 1.29 is 4.74 Å². The lowest BCUT2D eigenvalue weighted by atomic mass is 10.4. The van der Waals surface area contributed by atoms with Crippen LogP contribution in [0, 0.1) is 6.92 Å². The molecule has 0 spiro atoms. The van der Waals surface area contributed by atoms with Gasteiger partial charge in [0.05, 0.1) is 17.2 Å². The van der Waals surface area contributed by atoms with E-state index in [1.807, 2.05) is 27.1 Å². The third kappa shape index (κ3) is 3.64. The number of methoxy groups -OCH3 is 1. The lowest BCUT2D eigenvalue weighted by Crippen LogP contribution is -2.19. The van der Waals surface area contributed by atoms with Crippen LogP contribution < -0.4 is 10.2 Å². The maximum absolute atomic E-state index is 5.10. The summed E-state index contributed by atoms with van der Waals surface area (Å²) in [5.41, 5.74) is 1.05. The first kappa shape index (κ1) is 14.7. The minimum Gasteiger partial charge on any atom is -0.377 e. The lowest BCUT2D eigenvalue weighted by Gasteiger charge is -2.18. The molecule has 20 heavy (non-hydrogen) atoms. The van der Waals surface area contributed by atoms with Crippen LogP contribution in [0.2, 0.25) is 0 Å². The predicted octanol–water partition coefficient (Wildman–Crippen LogP) is 2.07. The van der Waals surface area contributed by atoms with Gasteiger partial charge in [-0.2, -0.15) is 0 Å². The molecule has 0 saturated carbocycles. The summed E-state index contributed by atoms with van der Waals surface area (Å²) in [6, 6.07) is 1.92. The van der Waals surface area contributed by atoms with E-state index in [1.54, 1.807) is 18.4 Å². The smallest absolute Gasteiger partial charge is 0.158 e. The molecule has 2 aromatic heterocycles. The van der Waals surface area contributed by atoms with Crippen molar-refractivity contribution in [2.24, 2.45) is 0 Å². The highest BCUT2D eigenvalue weighted by molar-refractivity contribution is 7.09. The summed E-state index contributed by atoms with van der Waals surface area (Å²) in [5, 5.41) is 6.19. The Kier molecular flexibility index (Phi) is 4.86. The highest BCUT2D eigenvalue weighted by Gasteiger charge is 2.10. The SMILES string of the molecule is CNc1cc(N(C)Cc2csc(C)n2)nc(COC)n1. The minimum atomic E-state index is 0.395. The fourth-order valence-electron chi connectivity index (χ4n) is 1.81. The summed E-state index contributed by atoms with van der Waals surface area (Å²) in [6.45, 7) is 3.12. The standard InChI is InChI=1S/C13H19N5OS/c1-9-15-10(8-20-9)6-18(3)13-5-11(14-2)16-12(17-13)7-19-4/h5,8H,6-7H2,1-4H3,(H,14,16,17). The number of aryl methyl sites for hydroxylation is 1. The fraction of sp³-hybridized carbons (Fsp3) is 0.462. The van der Waals surface area contributed by atoms with E-state index in [0.29, 0.717) is 12.4 Å². The molecule has 0 unspecified atom stereocenters. The van der Waals surface area contributed by atoms with Crippen LogP contribution in [-0.2, 0) is 17.9 Å². The molecule has 0 aliphatic rings. The Morgan fingerprint density at radius 2 is 2.15 bits per heavy atom. The van der Waals surface area contributed by atoms with E-state index < -0.39 is 0 Å². The molecule has 0 saturated heterocycles. The second kappa shape index (κ2) is 6.62. The number of hydrogen-bond acceptors (Lipinski definition) is 7. The second-order valence-corrected chi connectivity index (χ2v) is 5.49. The first-order valence-electron chi connectivity index (χ1n) is 6.29. The highest BCUT2D eigenvalue weighted by atomic mass is 32.1. The molecule has 0 atom stereocenters. The Morgan fingerprint density at radius 3 is 2.75 bits per heavy atom. The van der Waals surface area contributed by atoms with Gasteiger partial charge in [-0.3, -0.25) is 0 Å². The number of thiazole rings is 1. The molecular formula is C13H19N5OS. The van der Waals surface area contributed by atoms with Gasteiger partial charge >= 0.3 is 0 Å². The number of hydrogen-bond donors (Lipinski definition) is 1. The number of ether oxygens (including phenoxy) is 1. The summed E-state index contributed by atoms with van der Waals surface area (Å²) in [4.78, 5) is 15.4. The first-order chi connectivity index (χ1) is 9.62. The summed E-state index contributed by atoms with van der Waals surface area (Å²) in [5.74, 6) is 2.29.